The SMILES string of the molecule is C#CCN(C)[C@H]1c2ccccc2N(C(=O)OC(C)(C)C)C[C@@H]1O. The lowest BCUT2D eigenvalue weighted by Gasteiger charge is -2.41. The normalized spacial score (nSPS) is 20.8. The number of aliphatic hydroxyl groups excluding tert-OH is 1. The van der Waals surface area contributed by atoms with E-state index in [4.69, 9.17) is 11.2 Å². The number of para-hydroxylation sites is 1. The van der Waals surface area contributed by atoms with Gasteiger partial charge in [-0.2, -0.15) is 0 Å². The van der Waals surface area contributed by atoms with Crippen molar-refractivity contribution >= 4 is 11.8 Å². The van der Waals surface area contributed by atoms with Gasteiger partial charge in [-0.25, -0.2) is 4.79 Å². The predicted octanol–water partition coefficient (Wildman–Crippen LogP) is 2.41. The Balaban J connectivity index is 2.37. The smallest absolute Gasteiger partial charge is 0.414 e. The largest absolute Gasteiger partial charge is 0.443 e. The van der Waals surface area contributed by atoms with Gasteiger partial charge >= 0.3 is 6.09 Å². The molecular weight excluding hydrogens is 292 g/mol. The minimum atomic E-state index is -0.740. The first-order valence-corrected chi connectivity index (χ1v) is 7.66. The van der Waals surface area contributed by atoms with Crippen molar-refractivity contribution in [2.45, 2.75) is 38.5 Å². The molecule has 5 nitrogen and oxygen atoms in total. The van der Waals surface area contributed by atoms with Crippen molar-refractivity contribution in [2.75, 3.05) is 25.0 Å². The third-order valence-corrected chi connectivity index (χ3v) is 3.71. The third kappa shape index (κ3) is 3.84. The number of aliphatic hydroxyl groups is 1. The summed E-state index contributed by atoms with van der Waals surface area (Å²) in [4.78, 5) is 15.9. The Kier molecular flexibility index (Phi) is 4.98. The molecule has 1 aliphatic heterocycles. The van der Waals surface area contributed by atoms with E-state index < -0.39 is 17.8 Å². The van der Waals surface area contributed by atoms with Crippen molar-refractivity contribution in [3.05, 3.63) is 29.8 Å². The lowest BCUT2D eigenvalue weighted by molar-refractivity contribution is 0.0438. The Hall–Kier alpha value is -2.03. The summed E-state index contributed by atoms with van der Waals surface area (Å²) in [6.07, 6.45) is 4.19. The number of fused-ring (bicyclic) bond motifs is 1. The maximum Gasteiger partial charge on any atom is 0.414 e. The monoisotopic (exact) mass is 316 g/mol. The molecule has 1 heterocycles. The fraction of sp³-hybridized carbons (Fsp3) is 0.500. The maximum absolute atomic E-state index is 12.5. The first-order chi connectivity index (χ1) is 10.7. The van der Waals surface area contributed by atoms with E-state index >= 15 is 0 Å². The molecule has 1 aliphatic rings. The van der Waals surface area contributed by atoms with Crippen LogP contribution in [0.25, 0.3) is 0 Å². The van der Waals surface area contributed by atoms with Gasteiger partial charge in [-0.3, -0.25) is 9.80 Å². The molecule has 0 radical (unpaired) electrons. The van der Waals surface area contributed by atoms with Gasteiger partial charge in [-0.1, -0.05) is 24.1 Å². The molecule has 1 amide bonds. The zero-order valence-electron chi connectivity index (χ0n) is 14.1. The molecule has 0 saturated heterocycles. The average molecular weight is 316 g/mol. The summed E-state index contributed by atoms with van der Waals surface area (Å²) in [7, 11) is 1.87. The molecule has 0 bridgehead atoms. The van der Waals surface area contributed by atoms with Gasteiger partial charge in [0.25, 0.3) is 0 Å². The molecule has 5 heteroatoms. The molecule has 1 aromatic rings. The van der Waals surface area contributed by atoms with E-state index in [9.17, 15) is 9.90 Å². The number of hydrogen-bond acceptors (Lipinski definition) is 4. The second-order valence-corrected chi connectivity index (χ2v) is 6.78. The van der Waals surface area contributed by atoms with Gasteiger partial charge in [0, 0.05) is 0 Å². The number of carbonyl (C=O) groups is 1. The van der Waals surface area contributed by atoms with Crippen LogP contribution in [0.5, 0.6) is 0 Å². The van der Waals surface area contributed by atoms with E-state index in [-0.39, 0.29) is 12.6 Å². The number of terminal acetylenes is 1. The Bertz CT molecular complexity index is 615. The van der Waals surface area contributed by atoms with Crippen molar-refractivity contribution in [3.63, 3.8) is 0 Å². The van der Waals surface area contributed by atoms with Crippen molar-refractivity contribution in [1.29, 1.82) is 0 Å². The van der Waals surface area contributed by atoms with Crippen LogP contribution in [-0.4, -0.2) is 47.9 Å². The molecule has 1 N–H and O–H groups in total. The van der Waals surface area contributed by atoms with E-state index in [1.807, 2.05) is 57.0 Å². The summed E-state index contributed by atoms with van der Waals surface area (Å²) >= 11 is 0. The minimum absolute atomic E-state index is 0.172. The van der Waals surface area contributed by atoms with Gasteiger partial charge < -0.3 is 9.84 Å². The lowest BCUT2D eigenvalue weighted by Crippen LogP contribution is -2.50. The maximum atomic E-state index is 12.5. The summed E-state index contributed by atoms with van der Waals surface area (Å²) in [5, 5.41) is 10.6. The van der Waals surface area contributed by atoms with Crippen LogP contribution in [0, 0.1) is 12.3 Å². The molecule has 23 heavy (non-hydrogen) atoms. The van der Waals surface area contributed by atoms with Gasteiger partial charge in [-0.15, -0.1) is 6.42 Å². The van der Waals surface area contributed by atoms with Gasteiger partial charge in [0.1, 0.15) is 5.60 Å². The Morgan fingerprint density at radius 3 is 2.74 bits per heavy atom. The van der Waals surface area contributed by atoms with Crippen molar-refractivity contribution in [2.24, 2.45) is 0 Å². The highest BCUT2D eigenvalue weighted by Gasteiger charge is 2.38. The molecule has 0 aromatic heterocycles. The van der Waals surface area contributed by atoms with Crippen LogP contribution in [0.1, 0.15) is 32.4 Å². The second kappa shape index (κ2) is 6.61. The molecule has 2 atom stereocenters. The molecule has 0 spiro atoms. The van der Waals surface area contributed by atoms with Crippen molar-refractivity contribution in [3.8, 4) is 12.3 Å². The lowest BCUT2D eigenvalue weighted by atomic mass is 9.93. The summed E-state index contributed by atoms with van der Waals surface area (Å²) in [6, 6.07) is 7.28. The van der Waals surface area contributed by atoms with Gasteiger partial charge in [0.2, 0.25) is 0 Å². The van der Waals surface area contributed by atoms with Gasteiger partial charge in [-0.05, 0) is 39.4 Å². The molecule has 1 aromatic carbocycles. The topological polar surface area (TPSA) is 53.0 Å². The minimum Gasteiger partial charge on any atom is -0.443 e. The second-order valence-electron chi connectivity index (χ2n) is 6.78. The number of amides is 1. The molecule has 124 valence electrons. The molecule has 0 unspecified atom stereocenters. The summed E-state index contributed by atoms with van der Waals surface area (Å²) < 4.78 is 5.46. The number of nitrogens with zero attached hydrogens (tertiary/aromatic N) is 2. The summed E-state index contributed by atoms with van der Waals surface area (Å²) in [6.45, 7) is 6.05. The first-order valence-electron chi connectivity index (χ1n) is 7.66. The van der Waals surface area contributed by atoms with Crippen LogP contribution in [0.4, 0.5) is 10.5 Å². The Morgan fingerprint density at radius 2 is 2.13 bits per heavy atom. The van der Waals surface area contributed by atoms with Crippen LogP contribution in [0.3, 0.4) is 0 Å². The number of anilines is 1. The van der Waals surface area contributed by atoms with Crippen LogP contribution < -0.4 is 4.90 Å². The highest BCUT2D eigenvalue weighted by molar-refractivity contribution is 5.90. The van der Waals surface area contributed by atoms with E-state index in [1.165, 1.54) is 4.90 Å². The zero-order valence-corrected chi connectivity index (χ0v) is 14.1. The van der Waals surface area contributed by atoms with Crippen LogP contribution in [0.2, 0.25) is 0 Å². The van der Waals surface area contributed by atoms with E-state index in [1.54, 1.807) is 0 Å². The van der Waals surface area contributed by atoms with Crippen molar-refractivity contribution in [1.82, 2.24) is 4.90 Å². The highest BCUT2D eigenvalue weighted by atomic mass is 16.6. The van der Waals surface area contributed by atoms with Crippen LogP contribution >= 0.6 is 0 Å². The van der Waals surface area contributed by atoms with E-state index in [0.29, 0.717) is 6.54 Å². The number of rotatable bonds is 2. The number of β-amino-alcohol motifs (C(OH)–C–C–N with tert-alkyl or cyclic N) is 1. The molecular formula is C18H24N2O3. The van der Waals surface area contributed by atoms with Crippen LogP contribution in [-0.2, 0) is 4.74 Å². The van der Waals surface area contributed by atoms with Gasteiger partial charge in [0.15, 0.2) is 0 Å². The highest BCUT2D eigenvalue weighted by Crippen LogP contribution is 2.37. The predicted molar refractivity (Wildman–Crippen MR) is 90.2 cm³/mol. The Morgan fingerprint density at radius 1 is 1.48 bits per heavy atom. The zero-order chi connectivity index (χ0) is 17.2. The number of benzene rings is 1. The first kappa shape index (κ1) is 17.3. The van der Waals surface area contributed by atoms with E-state index in [2.05, 4.69) is 5.92 Å². The standard InChI is InChI=1S/C18H24N2O3/c1-6-11-19(5)16-13-9-7-8-10-14(13)20(12-15(16)21)17(22)23-18(2,3)4/h1,7-10,15-16,21H,11-12H2,2-5H3/t15-,16-/m0/s1. The average Bonchev–Trinajstić information content (AvgIpc) is 2.44. The van der Waals surface area contributed by atoms with Gasteiger partial charge in [0.05, 0.1) is 30.9 Å². The number of likely N-dealkylation sites (N-methyl/N-ethyl adjacent to an activating group) is 1. The quantitative estimate of drug-likeness (QED) is 0.851. The molecule has 0 fully saturated rings. The Labute approximate surface area is 137 Å². The number of hydrogen-bond donors (Lipinski definition) is 1. The summed E-state index contributed by atoms with van der Waals surface area (Å²) in [5.41, 5.74) is 1.03. The van der Waals surface area contributed by atoms with E-state index in [0.717, 1.165) is 11.3 Å². The fourth-order valence-corrected chi connectivity index (χ4v) is 2.84. The molecule has 0 aliphatic carbocycles. The van der Waals surface area contributed by atoms with Crippen molar-refractivity contribution < 1.29 is 14.6 Å². The molecule has 0 saturated carbocycles. The fourth-order valence-electron chi connectivity index (χ4n) is 2.84. The molecule has 2 rings (SSSR count). The van der Waals surface area contributed by atoms with Crippen LogP contribution in [0.15, 0.2) is 24.3 Å². The summed E-state index contributed by atoms with van der Waals surface area (Å²) in [5.74, 6) is 2.59. The third-order valence-electron chi connectivity index (χ3n) is 3.71. The number of ether oxygens (including phenoxy) is 1. The number of carbonyl (C=O) groups excluding carboxylic acids is 1.